The zero-order valence-corrected chi connectivity index (χ0v) is 15.5. The van der Waals surface area contributed by atoms with Gasteiger partial charge in [0, 0.05) is 6.07 Å². The molecule has 1 aliphatic heterocycles. The predicted octanol–water partition coefficient (Wildman–Crippen LogP) is 3.37. The van der Waals surface area contributed by atoms with E-state index in [9.17, 15) is 9.59 Å². The Bertz CT molecular complexity index is 954. The van der Waals surface area contributed by atoms with Crippen LogP contribution in [0.3, 0.4) is 0 Å². The van der Waals surface area contributed by atoms with E-state index in [0.29, 0.717) is 17.7 Å². The Kier molecular flexibility index (Phi) is 4.75. The van der Waals surface area contributed by atoms with Crippen molar-refractivity contribution < 1.29 is 18.7 Å². The molecule has 2 N–H and O–H groups in total. The summed E-state index contributed by atoms with van der Waals surface area (Å²) in [5.41, 5.74) is 6.63. The number of nitrogens with two attached hydrogens (primary N) is 1. The molecule has 1 aliphatic carbocycles. The van der Waals surface area contributed by atoms with Crippen molar-refractivity contribution in [2.75, 3.05) is 7.05 Å². The topological polar surface area (TPSA) is 81.8 Å². The third-order valence-corrected chi connectivity index (χ3v) is 5.10. The summed E-state index contributed by atoms with van der Waals surface area (Å²) in [6, 6.07) is 4.75. The van der Waals surface area contributed by atoms with Crippen molar-refractivity contribution in [2.24, 2.45) is 10.8 Å². The second kappa shape index (κ2) is 6.75. The van der Waals surface area contributed by atoms with Crippen LogP contribution in [0.1, 0.15) is 29.3 Å². The summed E-state index contributed by atoms with van der Waals surface area (Å²) >= 11 is 6.85. The Balaban J connectivity index is 2.31. The number of amides is 1. The van der Waals surface area contributed by atoms with Crippen LogP contribution in [0.15, 0.2) is 59.3 Å². The molecule has 1 aromatic carbocycles. The van der Waals surface area contributed by atoms with Gasteiger partial charge in [0.15, 0.2) is 5.69 Å². The van der Waals surface area contributed by atoms with Crippen LogP contribution in [0.4, 0.5) is 10.1 Å². The first-order chi connectivity index (χ1) is 12.7. The Morgan fingerprint density at radius 3 is 2.78 bits per heavy atom. The number of hydrogen-bond acceptors (Lipinski definition) is 4. The molecule has 1 aromatic rings. The second-order valence-corrected chi connectivity index (χ2v) is 7.07. The normalized spacial score (nSPS) is 26.9. The number of nitrogens with zero attached hydrogens (tertiary/aromatic N) is 2. The molecule has 0 saturated carbocycles. The smallest absolute Gasteiger partial charge is 0.362 e. The summed E-state index contributed by atoms with van der Waals surface area (Å²) in [5.74, 6) is -1.74. The number of primary amides is 1. The van der Waals surface area contributed by atoms with Crippen molar-refractivity contribution >= 4 is 35.4 Å². The first-order valence-electron chi connectivity index (χ1n) is 8.16. The van der Waals surface area contributed by atoms with Crippen LogP contribution in [0.2, 0.25) is 0 Å². The van der Waals surface area contributed by atoms with Gasteiger partial charge in [0.05, 0.1) is 16.0 Å². The molecule has 27 heavy (non-hydrogen) atoms. The van der Waals surface area contributed by atoms with Crippen molar-refractivity contribution in [3.8, 4) is 0 Å². The molecule has 1 amide bonds. The highest BCUT2D eigenvalue weighted by atomic mass is 35.5. The lowest BCUT2D eigenvalue weighted by molar-refractivity contribution is -0.124. The van der Waals surface area contributed by atoms with Crippen molar-refractivity contribution in [1.82, 2.24) is 4.59 Å². The molecular weight excluding hydrogens is 373 g/mol. The van der Waals surface area contributed by atoms with Gasteiger partial charge < -0.3 is 10.5 Å². The third-order valence-electron chi connectivity index (χ3n) is 4.63. The van der Waals surface area contributed by atoms with Gasteiger partial charge in [-0.25, -0.2) is 0 Å². The van der Waals surface area contributed by atoms with E-state index in [0.717, 1.165) is 0 Å². The molecule has 0 fully saturated rings. The van der Waals surface area contributed by atoms with Gasteiger partial charge in [0.25, 0.3) is 12.2 Å². The van der Waals surface area contributed by atoms with E-state index in [4.69, 9.17) is 22.1 Å². The van der Waals surface area contributed by atoms with Crippen LogP contribution in [0, 0.1) is 0 Å². The van der Waals surface area contributed by atoms with Gasteiger partial charge in [-0.05, 0) is 19.4 Å². The molecule has 8 heteroatoms. The fourth-order valence-electron chi connectivity index (χ4n) is 3.40. The summed E-state index contributed by atoms with van der Waals surface area (Å²) in [6.07, 6.45) is 7.54. The molecule has 0 saturated heterocycles. The molecule has 3 rings (SSSR count). The van der Waals surface area contributed by atoms with Gasteiger partial charge in [0.1, 0.15) is 12.8 Å². The van der Waals surface area contributed by atoms with Gasteiger partial charge in [-0.1, -0.05) is 35.5 Å². The lowest BCUT2D eigenvalue weighted by atomic mass is 9.86. The minimum Gasteiger partial charge on any atom is -0.417 e. The van der Waals surface area contributed by atoms with Crippen molar-refractivity contribution in [3.63, 3.8) is 0 Å². The Morgan fingerprint density at radius 2 is 2.19 bits per heavy atom. The summed E-state index contributed by atoms with van der Waals surface area (Å²) in [6.45, 7) is 1.67. The lowest BCUT2D eigenvalue weighted by Gasteiger charge is -2.32. The van der Waals surface area contributed by atoms with E-state index in [1.165, 1.54) is 14.0 Å². The number of alkyl halides is 1. The molecule has 0 aromatic heterocycles. The molecule has 2 unspecified atom stereocenters. The molecule has 2 aliphatic rings. The van der Waals surface area contributed by atoms with Crippen LogP contribution in [0.5, 0.6) is 0 Å². The quantitative estimate of drug-likeness (QED) is 0.362. The monoisotopic (exact) mass is 390 g/mol. The molecule has 0 bridgehead atoms. The standard InChI is InChI=1S/C19H17ClFN3O3/c1-12-16(27-11-25)17(21)24(2,23-12)14-8-6-7-13(18(22)26)15(14)19(20)9-4-3-5-10-19/h3-9,11H,10H2,1-2H3,(H-,22,26)/p+1. The fraction of sp³-hybridized carbons (Fsp3) is 0.211. The largest absolute Gasteiger partial charge is 0.417 e. The van der Waals surface area contributed by atoms with E-state index >= 15 is 4.39 Å². The van der Waals surface area contributed by atoms with Crippen LogP contribution < -0.4 is 10.3 Å². The third kappa shape index (κ3) is 2.98. The minimum atomic E-state index is -1.10. The van der Waals surface area contributed by atoms with Crippen molar-refractivity contribution in [2.45, 2.75) is 18.2 Å². The SMILES string of the molecule is CC1=N[N+](C)(c2cccc(C(N)=O)c2C2(Cl)C=CC=CC2)C(F)=C1OC=O. The highest BCUT2D eigenvalue weighted by Gasteiger charge is 2.48. The van der Waals surface area contributed by atoms with E-state index in [1.807, 2.05) is 12.2 Å². The lowest BCUT2D eigenvalue weighted by Crippen LogP contribution is -2.38. The van der Waals surface area contributed by atoms with Gasteiger partial charge in [0.2, 0.25) is 5.91 Å². The first-order valence-corrected chi connectivity index (χ1v) is 8.54. The number of carbonyl (C=O) groups excluding carboxylic acids is 2. The molecular formula is C19H18ClFN3O3+. The summed E-state index contributed by atoms with van der Waals surface area (Å²) in [4.78, 5) is 21.7. The van der Waals surface area contributed by atoms with Gasteiger partial charge in [-0.15, -0.1) is 20.6 Å². The molecule has 6 nitrogen and oxygen atoms in total. The highest BCUT2D eigenvalue weighted by molar-refractivity contribution is 6.27. The Morgan fingerprint density at radius 1 is 1.44 bits per heavy atom. The number of quaternary nitrogens is 1. The molecule has 0 radical (unpaired) electrons. The molecule has 2 atom stereocenters. The van der Waals surface area contributed by atoms with Gasteiger partial charge in [-0.3, -0.25) is 9.59 Å². The van der Waals surface area contributed by atoms with E-state index < -0.39 is 21.3 Å². The number of halogens is 2. The minimum absolute atomic E-state index is 0.141. The van der Waals surface area contributed by atoms with Crippen LogP contribution in [-0.4, -0.2) is 25.1 Å². The van der Waals surface area contributed by atoms with Crippen molar-refractivity contribution in [1.29, 1.82) is 0 Å². The van der Waals surface area contributed by atoms with Gasteiger partial charge in [-0.2, -0.15) is 0 Å². The highest BCUT2D eigenvalue weighted by Crippen LogP contribution is 2.48. The number of benzene rings is 1. The Hall–Kier alpha value is -2.77. The number of rotatable bonds is 5. The van der Waals surface area contributed by atoms with Gasteiger partial charge >= 0.3 is 5.95 Å². The molecule has 140 valence electrons. The van der Waals surface area contributed by atoms with Crippen LogP contribution >= 0.6 is 11.6 Å². The average molecular weight is 391 g/mol. The average Bonchev–Trinajstić information content (AvgIpc) is 2.86. The zero-order chi connectivity index (χ0) is 19.8. The molecule has 1 heterocycles. The maximum atomic E-state index is 15.2. The summed E-state index contributed by atoms with van der Waals surface area (Å²) in [5, 5.41) is 4.33. The Labute approximate surface area is 160 Å². The van der Waals surface area contributed by atoms with E-state index in [1.54, 1.807) is 30.4 Å². The van der Waals surface area contributed by atoms with Crippen molar-refractivity contribution in [3.05, 3.63) is 65.3 Å². The fourth-order valence-corrected chi connectivity index (χ4v) is 3.76. The zero-order valence-electron chi connectivity index (χ0n) is 14.8. The number of hydrogen-bond donors (Lipinski definition) is 1. The van der Waals surface area contributed by atoms with Crippen LogP contribution in [0.25, 0.3) is 0 Å². The predicted molar refractivity (Wildman–Crippen MR) is 101 cm³/mol. The number of ether oxygens (including phenoxy) is 1. The summed E-state index contributed by atoms with van der Waals surface area (Å²) in [7, 11) is 1.48. The maximum absolute atomic E-state index is 15.2. The van der Waals surface area contributed by atoms with E-state index in [2.05, 4.69) is 5.10 Å². The maximum Gasteiger partial charge on any atom is 0.362 e. The summed E-state index contributed by atoms with van der Waals surface area (Å²) < 4.78 is 19.3. The number of allylic oxidation sites excluding steroid dienone is 5. The first kappa shape index (κ1) is 19.0. The van der Waals surface area contributed by atoms with Crippen LogP contribution in [-0.2, 0) is 14.4 Å². The second-order valence-electron chi connectivity index (χ2n) is 6.40. The van der Waals surface area contributed by atoms with E-state index in [-0.39, 0.29) is 23.5 Å². The number of carbonyl (C=O) groups is 2. The molecule has 0 spiro atoms.